The number of hydrogen-bond acceptors (Lipinski definition) is 6. The van der Waals surface area contributed by atoms with Gasteiger partial charge in [0.05, 0.1) is 16.4 Å². The number of benzene rings is 1. The Morgan fingerprint density at radius 3 is 3.00 bits per heavy atom. The average Bonchev–Trinajstić information content (AvgIpc) is 2.90. The van der Waals surface area contributed by atoms with E-state index in [2.05, 4.69) is 15.3 Å². The number of nitrogens with zero attached hydrogens (tertiary/aromatic N) is 3. The molecule has 2 aromatic heterocycles. The highest BCUT2D eigenvalue weighted by Gasteiger charge is 2.14. The summed E-state index contributed by atoms with van der Waals surface area (Å²) < 4.78 is 19.1. The molecule has 0 aliphatic heterocycles. The van der Waals surface area contributed by atoms with Gasteiger partial charge in [-0.15, -0.1) is 11.3 Å². The molecular formula is C12H5FN3O3S. The van der Waals surface area contributed by atoms with Crippen LogP contribution in [-0.2, 0) is 0 Å². The molecule has 0 N–H and O–H groups in total. The lowest BCUT2D eigenvalue weighted by molar-refractivity contribution is -0.385. The van der Waals surface area contributed by atoms with Crippen LogP contribution in [0.3, 0.4) is 0 Å². The van der Waals surface area contributed by atoms with Crippen molar-refractivity contribution in [2.45, 2.75) is 0 Å². The molecule has 8 heteroatoms. The Bertz CT molecular complexity index is 805. The van der Waals surface area contributed by atoms with Crippen LogP contribution in [0.4, 0.5) is 10.1 Å². The molecule has 0 aliphatic carbocycles. The third-order valence-corrected chi connectivity index (χ3v) is 3.26. The molecule has 0 fully saturated rings. The largest absolute Gasteiger partial charge is 0.435 e. The maximum absolute atomic E-state index is 13.7. The van der Waals surface area contributed by atoms with E-state index in [0.29, 0.717) is 10.2 Å². The minimum absolute atomic E-state index is 0.137. The van der Waals surface area contributed by atoms with Crippen molar-refractivity contribution in [1.82, 2.24) is 9.97 Å². The third kappa shape index (κ3) is 2.16. The van der Waals surface area contributed by atoms with Gasteiger partial charge in [0.25, 0.3) is 5.69 Å². The molecule has 0 aliphatic rings. The molecule has 0 atom stereocenters. The molecule has 1 aromatic carbocycles. The van der Waals surface area contributed by atoms with Crippen LogP contribution < -0.4 is 4.74 Å². The molecule has 0 saturated heterocycles. The van der Waals surface area contributed by atoms with Crippen molar-refractivity contribution in [3.05, 3.63) is 51.9 Å². The summed E-state index contributed by atoms with van der Waals surface area (Å²) in [6, 6.07) is 4.79. The van der Waals surface area contributed by atoms with Crippen molar-refractivity contribution >= 4 is 27.2 Å². The molecule has 3 aromatic rings. The molecule has 0 saturated carbocycles. The highest BCUT2D eigenvalue weighted by atomic mass is 32.1. The van der Waals surface area contributed by atoms with E-state index in [1.54, 1.807) is 6.07 Å². The summed E-state index contributed by atoms with van der Waals surface area (Å²) in [6.45, 7) is 0. The van der Waals surface area contributed by atoms with Crippen LogP contribution in [0.2, 0.25) is 0 Å². The van der Waals surface area contributed by atoms with E-state index in [-0.39, 0.29) is 17.3 Å². The van der Waals surface area contributed by atoms with E-state index >= 15 is 0 Å². The molecule has 0 bridgehead atoms. The fourth-order valence-electron chi connectivity index (χ4n) is 1.58. The lowest BCUT2D eigenvalue weighted by Crippen LogP contribution is -1.94. The van der Waals surface area contributed by atoms with Crippen molar-refractivity contribution in [3.63, 3.8) is 0 Å². The second-order valence-electron chi connectivity index (χ2n) is 3.74. The zero-order valence-electron chi connectivity index (χ0n) is 9.74. The second kappa shape index (κ2) is 4.82. The van der Waals surface area contributed by atoms with Gasteiger partial charge in [-0.05, 0) is 12.1 Å². The minimum atomic E-state index is -0.829. The number of rotatable bonds is 3. The first kappa shape index (κ1) is 12.4. The van der Waals surface area contributed by atoms with E-state index in [0.717, 1.165) is 12.1 Å². The number of nitro groups is 1. The number of aromatic nitrogens is 2. The maximum Gasteiger partial charge on any atom is 0.272 e. The number of nitro benzene ring substituents is 1. The SMILES string of the molecule is O=[N+]([O-])c1ccc(Oc2ncnc3s[c]cc23)c(F)c1. The molecule has 99 valence electrons. The van der Waals surface area contributed by atoms with Gasteiger partial charge in [-0.1, -0.05) is 0 Å². The summed E-state index contributed by atoms with van der Waals surface area (Å²) in [5, 5.41) is 14.0. The van der Waals surface area contributed by atoms with Gasteiger partial charge in [0.15, 0.2) is 11.6 Å². The maximum atomic E-state index is 13.7. The number of thiophene rings is 1. The summed E-state index contributed by atoms with van der Waals surface area (Å²) in [6.07, 6.45) is 1.30. The molecule has 0 amide bonds. The van der Waals surface area contributed by atoms with E-state index in [4.69, 9.17) is 4.74 Å². The topological polar surface area (TPSA) is 78.2 Å². The molecule has 20 heavy (non-hydrogen) atoms. The lowest BCUT2D eigenvalue weighted by Gasteiger charge is -2.06. The average molecular weight is 290 g/mol. The van der Waals surface area contributed by atoms with Crippen LogP contribution in [0.15, 0.2) is 30.6 Å². The van der Waals surface area contributed by atoms with Crippen LogP contribution >= 0.6 is 11.3 Å². The summed E-state index contributed by atoms with van der Waals surface area (Å²) in [7, 11) is 0. The second-order valence-corrected chi connectivity index (χ2v) is 4.56. The number of ether oxygens (including phenoxy) is 1. The fourth-order valence-corrected chi connectivity index (χ4v) is 2.23. The molecule has 0 spiro atoms. The Hall–Kier alpha value is -2.61. The van der Waals surface area contributed by atoms with Crippen LogP contribution in [0.25, 0.3) is 10.2 Å². The van der Waals surface area contributed by atoms with Crippen molar-refractivity contribution in [1.29, 1.82) is 0 Å². The Labute approximate surface area is 115 Å². The third-order valence-electron chi connectivity index (χ3n) is 2.50. The van der Waals surface area contributed by atoms with Crippen LogP contribution in [-0.4, -0.2) is 14.9 Å². The highest BCUT2D eigenvalue weighted by molar-refractivity contribution is 7.16. The van der Waals surface area contributed by atoms with Crippen molar-refractivity contribution in [3.8, 4) is 11.6 Å². The predicted molar refractivity (Wildman–Crippen MR) is 69.4 cm³/mol. The Morgan fingerprint density at radius 1 is 1.40 bits per heavy atom. The summed E-state index contributed by atoms with van der Waals surface area (Å²) in [5.41, 5.74) is -0.341. The predicted octanol–water partition coefficient (Wildman–Crippen LogP) is 3.33. The normalized spacial score (nSPS) is 10.7. The first-order valence-electron chi connectivity index (χ1n) is 5.37. The summed E-state index contributed by atoms with van der Waals surface area (Å²) >= 11 is 1.28. The number of halogens is 1. The van der Waals surface area contributed by atoms with Crippen molar-refractivity contribution in [2.75, 3.05) is 0 Å². The molecule has 0 unspecified atom stereocenters. The standard InChI is InChI=1S/C12H5FN3O3S/c13-9-5-7(16(17)18)1-2-10(9)19-11-8-3-4-20-12(8)15-6-14-11/h1-3,5-6H. The Balaban J connectivity index is 1.99. The molecule has 3 rings (SSSR count). The minimum Gasteiger partial charge on any atom is -0.435 e. The number of fused-ring (bicyclic) bond motifs is 1. The monoisotopic (exact) mass is 290 g/mol. The van der Waals surface area contributed by atoms with Crippen molar-refractivity contribution < 1.29 is 14.1 Å². The Kier molecular flexibility index (Phi) is 2.99. The quantitative estimate of drug-likeness (QED) is 0.546. The zero-order valence-corrected chi connectivity index (χ0v) is 10.6. The van der Waals surface area contributed by atoms with Gasteiger partial charge < -0.3 is 4.74 Å². The first-order chi connectivity index (χ1) is 9.65. The summed E-state index contributed by atoms with van der Waals surface area (Å²) in [4.78, 5) is 18.5. The van der Waals surface area contributed by atoms with E-state index in [1.807, 2.05) is 0 Å². The van der Waals surface area contributed by atoms with Crippen LogP contribution in [0.5, 0.6) is 11.6 Å². The van der Waals surface area contributed by atoms with E-state index in [9.17, 15) is 14.5 Å². The number of hydrogen-bond donors (Lipinski definition) is 0. The van der Waals surface area contributed by atoms with Gasteiger partial charge >= 0.3 is 0 Å². The first-order valence-corrected chi connectivity index (χ1v) is 6.19. The van der Waals surface area contributed by atoms with Crippen molar-refractivity contribution in [2.24, 2.45) is 0 Å². The molecule has 1 radical (unpaired) electrons. The van der Waals surface area contributed by atoms with E-state index < -0.39 is 10.7 Å². The van der Waals surface area contributed by atoms with Crippen LogP contribution in [0.1, 0.15) is 0 Å². The summed E-state index contributed by atoms with van der Waals surface area (Å²) in [5.74, 6) is -0.785. The molecule has 6 nitrogen and oxygen atoms in total. The van der Waals surface area contributed by atoms with Gasteiger partial charge in [-0.2, -0.15) is 0 Å². The van der Waals surface area contributed by atoms with Gasteiger partial charge in [0.1, 0.15) is 11.2 Å². The van der Waals surface area contributed by atoms with Gasteiger partial charge in [0, 0.05) is 11.4 Å². The zero-order chi connectivity index (χ0) is 14.1. The fraction of sp³-hybridized carbons (Fsp3) is 0. The number of non-ortho nitro benzene ring substituents is 1. The smallest absolute Gasteiger partial charge is 0.272 e. The van der Waals surface area contributed by atoms with Crippen LogP contribution in [0, 0.1) is 21.3 Å². The van der Waals surface area contributed by atoms with Gasteiger partial charge in [-0.3, -0.25) is 10.1 Å². The van der Waals surface area contributed by atoms with E-state index in [1.165, 1.54) is 23.7 Å². The Morgan fingerprint density at radius 2 is 2.25 bits per heavy atom. The highest BCUT2D eigenvalue weighted by Crippen LogP contribution is 2.31. The van der Waals surface area contributed by atoms with Gasteiger partial charge in [0.2, 0.25) is 5.88 Å². The molecular weight excluding hydrogens is 285 g/mol. The lowest BCUT2D eigenvalue weighted by atomic mass is 10.3. The van der Waals surface area contributed by atoms with Gasteiger partial charge in [-0.25, -0.2) is 14.4 Å². The molecule has 2 heterocycles.